The number of nitrogens with one attached hydrogen (secondary N) is 1. The van der Waals surface area contributed by atoms with Crippen LogP contribution in [0.5, 0.6) is 0 Å². The van der Waals surface area contributed by atoms with E-state index in [2.05, 4.69) is 51.3 Å². The highest BCUT2D eigenvalue weighted by molar-refractivity contribution is 5.94. The first kappa shape index (κ1) is 20.4. The molecule has 158 valence electrons. The normalized spacial score (nSPS) is 16.6. The summed E-state index contributed by atoms with van der Waals surface area (Å²) >= 11 is 0. The second kappa shape index (κ2) is 7.45. The van der Waals surface area contributed by atoms with E-state index in [1.165, 1.54) is 0 Å². The van der Waals surface area contributed by atoms with Gasteiger partial charge in [-0.2, -0.15) is 5.10 Å². The van der Waals surface area contributed by atoms with Gasteiger partial charge in [-0.1, -0.05) is 18.2 Å². The quantitative estimate of drug-likeness (QED) is 0.627. The Balaban J connectivity index is 1.67. The minimum absolute atomic E-state index is 0.134. The van der Waals surface area contributed by atoms with Crippen LogP contribution >= 0.6 is 0 Å². The summed E-state index contributed by atoms with van der Waals surface area (Å²) in [6.45, 7) is 7.65. The van der Waals surface area contributed by atoms with Crippen LogP contribution in [0.25, 0.3) is 10.8 Å². The Labute approximate surface area is 176 Å². The minimum atomic E-state index is -0.747. The third-order valence-electron chi connectivity index (χ3n) is 6.15. The molecule has 3 heterocycles. The van der Waals surface area contributed by atoms with E-state index in [0.29, 0.717) is 16.9 Å². The summed E-state index contributed by atoms with van der Waals surface area (Å²) in [5.74, 6) is 1.09. The number of nitrogens with two attached hydrogens (primary N) is 1. The van der Waals surface area contributed by atoms with Gasteiger partial charge in [0, 0.05) is 35.6 Å². The molecule has 8 heteroatoms. The van der Waals surface area contributed by atoms with Gasteiger partial charge in [-0.05, 0) is 46.5 Å². The van der Waals surface area contributed by atoms with Crippen molar-refractivity contribution in [1.82, 2.24) is 20.1 Å². The van der Waals surface area contributed by atoms with Crippen LogP contribution in [0.2, 0.25) is 0 Å². The van der Waals surface area contributed by atoms with Crippen molar-refractivity contribution in [1.29, 1.82) is 0 Å². The number of aromatic nitrogens is 3. The maximum Gasteiger partial charge on any atom is 0.158 e. The molecule has 1 fully saturated rings. The first-order valence-electron chi connectivity index (χ1n) is 10.0. The number of halogens is 1. The number of rotatable bonds is 5. The molecule has 1 aliphatic heterocycles. The summed E-state index contributed by atoms with van der Waals surface area (Å²) in [7, 11) is 4.19. The fourth-order valence-electron chi connectivity index (χ4n) is 3.80. The fourth-order valence-corrected chi connectivity index (χ4v) is 3.80. The fraction of sp³-hybridized carbons (Fsp3) is 0.409. The Morgan fingerprint density at radius 2 is 1.93 bits per heavy atom. The Bertz CT molecular complexity index is 1090. The smallest absolute Gasteiger partial charge is 0.158 e. The molecule has 1 aliphatic rings. The topological polar surface area (TPSA) is 83.2 Å². The third-order valence-corrected chi connectivity index (χ3v) is 6.15. The number of fused-ring (bicyclic) bond motifs is 1. The van der Waals surface area contributed by atoms with E-state index >= 15 is 0 Å². The van der Waals surface area contributed by atoms with Gasteiger partial charge in [-0.25, -0.2) is 9.37 Å². The zero-order chi connectivity index (χ0) is 21.6. The highest BCUT2D eigenvalue weighted by atomic mass is 19.1. The summed E-state index contributed by atoms with van der Waals surface area (Å²) in [5, 5.41) is 13.4. The van der Waals surface area contributed by atoms with Gasteiger partial charge in [0.1, 0.15) is 17.8 Å². The molecule has 0 unspecified atom stereocenters. The second-order valence-corrected chi connectivity index (χ2v) is 8.57. The highest BCUT2D eigenvalue weighted by Gasteiger charge is 2.41. The van der Waals surface area contributed by atoms with E-state index in [1.54, 1.807) is 25.1 Å². The molecule has 0 aliphatic carbocycles. The number of nitrogens with zero attached hydrogens (tertiary/aromatic N) is 5. The van der Waals surface area contributed by atoms with Crippen LogP contribution in [0.15, 0.2) is 30.5 Å². The maximum atomic E-state index is 14.5. The lowest BCUT2D eigenvalue weighted by Gasteiger charge is -2.52. The van der Waals surface area contributed by atoms with Crippen molar-refractivity contribution in [3.8, 4) is 0 Å². The lowest BCUT2D eigenvalue weighted by molar-refractivity contribution is 0.132. The van der Waals surface area contributed by atoms with E-state index < -0.39 is 6.17 Å². The Hall–Kier alpha value is -2.84. The zero-order valence-corrected chi connectivity index (χ0v) is 18.1. The largest absolute Gasteiger partial charge is 0.353 e. The van der Waals surface area contributed by atoms with Crippen molar-refractivity contribution < 1.29 is 4.39 Å². The van der Waals surface area contributed by atoms with Crippen molar-refractivity contribution in [2.24, 2.45) is 5.73 Å². The molecule has 30 heavy (non-hydrogen) atoms. The van der Waals surface area contributed by atoms with Crippen LogP contribution in [0.1, 0.15) is 29.9 Å². The maximum absolute atomic E-state index is 14.5. The second-order valence-electron chi connectivity index (χ2n) is 8.57. The van der Waals surface area contributed by atoms with Crippen molar-refractivity contribution in [2.45, 2.75) is 32.5 Å². The molecule has 3 N–H and O–H groups in total. The number of anilines is 2. The van der Waals surface area contributed by atoms with Crippen LogP contribution in [0.4, 0.5) is 16.0 Å². The Morgan fingerprint density at radius 3 is 2.63 bits per heavy atom. The molecule has 2 aromatic heterocycles. The first-order chi connectivity index (χ1) is 14.2. The van der Waals surface area contributed by atoms with Gasteiger partial charge in [-0.3, -0.25) is 0 Å². The van der Waals surface area contributed by atoms with Crippen LogP contribution in [-0.2, 0) is 0 Å². The number of hydrogen-bond donors (Lipinski definition) is 2. The van der Waals surface area contributed by atoms with E-state index in [-0.39, 0.29) is 11.4 Å². The molecular weight excluding hydrogens is 381 g/mol. The lowest BCUT2D eigenvalue weighted by Crippen LogP contribution is -2.67. The van der Waals surface area contributed by atoms with Gasteiger partial charge < -0.3 is 20.9 Å². The Kier molecular flexibility index (Phi) is 5.07. The van der Waals surface area contributed by atoms with Gasteiger partial charge in [0.05, 0.1) is 11.2 Å². The molecule has 0 spiro atoms. The molecule has 1 saturated heterocycles. The summed E-state index contributed by atoms with van der Waals surface area (Å²) in [4.78, 5) is 9.11. The number of pyridine rings is 1. The van der Waals surface area contributed by atoms with Gasteiger partial charge in [-0.15, -0.1) is 5.10 Å². The molecule has 1 aromatic carbocycles. The molecule has 3 aromatic rings. The lowest BCUT2D eigenvalue weighted by atomic mass is 9.91. The standard InChI is InChI=1S/C22H28FN7/c1-13-7-6-8-15(19(13)23)20(24)26-21-16-9-18(25-10-17(16)14(2)27-28-21)30-11-22(3,12-30)29(4)5/h6-10,20H,11-12,24H2,1-5H3,(H,26,28)/t20-/m0/s1. The van der Waals surface area contributed by atoms with Crippen LogP contribution < -0.4 is 16.0 Å². The van der Waals surface area contributed by atoms with E-state index in [9.17, 15) is 4.39 Å². The van der Waals surface area contributed by atoms with E-state index in [4.69, 9.17) is 5.73 Å². The Morgan fingerprint density at radius 1 is 1.20 bits per heavy atom. The van der Waals surface area contributed by atoms with E-state index in [1.807, 2.05) is 19.2 Å². The zero-order valence-electron chi connectivity index (χ0n) is 18.1. The van der Waals surface area contributed by atoms with Crippen molar-refractivity contribution in [2.75, 3.05) is 37.4 Å². The van der Waals surface area contributed by atoms with Crippen molar-refractivity contribution >= 4 is 22.4 Å². The van der Waals surface area contributed by atoms with Gasteiger partial charge >= 0.3 is 0 Å². The van der Waals surface area contributed by atoms with Crippen molar-refractivity contribution in [3.63, 3.8) is 0 Å². The van der Waals surface area contributed by atoms with Gasteiger partial charge in [0.2, 0.25) is 0 Å². The number of benzene rings is 1. The van der Waals surface area contributed by atoms with Crippen LogP contribution in [0.3, 0.4) is 0 Å². The van der Waals surface area contributed by atoms with Crippen molar-refractivity contribution in [3.05, 3.63) is 53.1 Å². The molecule has 0 bridgehead atoms. The SMILES string of the molecule is Cc1cccc([C@@H](N)Nc2nnc(C)c3cnc(N4CC(C)(N(C)C)C4)cc23)c1F. The van der Waals surface area contributed by atoms with Crippen LogP contribution in [-0.4, -0.2) is 52.8 Å². The first-order valence-corrected chi connectivity index (χ1v) is 10.0. The number of hydrogen-bond acceptors (Lipinski definition) is 7. The monoisotopic (exact) mass is 409 g/mol. The molecule has 0 radical (unpaired) electrons. The van der Waals surface area contributed by atoms with E-state index in [0.717, 1.165) is 35.4 Å². The predicted octanol–water partition coefficient (Wildman–Crippen LogP) is 2.99. The number of aryl methyl sites for hydroxylation is 2. The van der Waals surface area contributed by atoms with Gasteiger partial charge in [0.25, 0.3) is 0 Å². The average Bonchev–Trinajstić information content (AvgIpc) is 2.69. The molecule has 0 amide bonds. The summed E-state index contributed by atoms with van der Waals surface area (Å²) in [6, 6.07) is 7.20. The summed E-state index contributed by atoms with van der Waals surface area (Å²) in [5.41, 5.74) is 8.14. The summed E-state index contributed by atoms with van der Waals surface area (Å²) < 4.78 is 14.5. The molecule has 4 rings (SSSR count). The third kappa shape index (κ3) is 3.46. The molecule has 1 atom stereocenters. The molecule has 7 nitrogen and oxygen atoms in total. The van der Waals surface area contributed by atoms with Gasteiger partial charge in [0.15, 0.2) is 5.82 Å². The van der Waals surface area contributed by atoms with Crippen LogP contribution in [0, 0.1) is 19.7 Å². The number of likely N-dealkylation sites (N-methyl/N-ethyl adjacent to an activating group) is 1. The predicted molar refractivity (Wildman–Crippen MR) is 118 cm³/mol. The molecule has 0 saturated carbocycles. The highest BCUT2D eigenvalue weighted by Crippen LogP contribution is 2.33. The minimum Gasteiger partial charge on any atom is -0.353 e. The molecular formula is C22H28FN7. The summed E-state index contributed by atoms with van der Waals surface area (Å²) in [6.07, 6.45) is 1.08. The average molecular weight is 410 g/mol.